The van der Waals surface area contributed by atoms with E-state index < -0.39 is 0 Å². The number of hydrogen-bond acceptors (Lipinski definition) is 1. The van der Waals surface area contributed by atoms with Crippen molar-refractivity contribution in [2.45, 2.75) is 33.6 Å². The fraction of sp³-hybridized carbons (Fsp3) is 0.647. The molecule has 1 saturated heterocycles. The lowest BCUT2D eigenvalue weighted by molar-refractivity contribution is 0.302. The monoisotopic (exact) mass is 245 g/mol. The Morgan fingerprint density at radius 3 is 2.78 bits per heavy atom. The van der Waals surface area contributed by atoms with Gasteiger partial charge in [-0.05, 0) is 37.1 Å². The first-order valence-corrected chi connectivity index (χ1v) is 7.47. The lowest BCUT2D eigenvalue weighted by Crippen LogP contribution is -2.22. The van der Waals surface area contributed by atoms with Gasteiger partial charge in [0.05, 0.1) is 0 Å². The van der Waals surface area contributed by atoms with Gasteiger partial charge in [-0.3, -0.25) is 0 Å². The topological polar surface area (TPSA) is 3.24 Å². The van der Waals surface area contributed by atoms with Crippen LogP contribution in [0.5, 0.6) is 0 Å². The van der Waals surface area contributed by atoms with E-state index in [4.69, 9.17) is 0 Å². The standard InChI is InChI=1S/C17H27N/c1-4-11-18-12-16(14(2)3)17(13-18)15-9-7-5-6-8-10-15/h5-9,14,16-17H,4,10-13H2,1-3H3/t16-,17-/m1/s1. The lowest BCUT2D eigenvalue weighted by atomic mass is 9.80. The van der Waals surface area contributed by atoms with E-state index >= 15 is 0 Å². The van der Waals surface area contributed by atoms with Crippen molar-refractivity contribution in [3.8, 4) is 0 Å². The molecule has 0 bridgehead atoms. The molecule has 0 radical (unpaired) electrons. The summed E-state index contributed by atoms with van der Waals surface area (Å²) in [6, 6.07) is 0. The molecule has 0 aromatic carbocycles. The normalized spacial score (nSPS) is 28.8. The summed E-state index contributed by atoms with van der Waals surface area (Å²) in [5, 5.41) is 0. The SMILES string of the molecule is CCCN1C[C@H](C2=CC=CC=CC2)[C@@H](C(C)C)C1. The van der Waals surface area contributed by atoms with Crippen LogP contribution in [0.1, 0.15) is 33.6 Å². The molecule has 0 aromatic rings. The van der Waals surface area contributed by atoms with Crippen molar-refractivity contribution < 1.29 is 0 Å². The highest BCUT2D eigenvalue weighted by Crippen LogP contribution is 2.36. The summed E-state index contributed by atoms with van der Waals surface area (Å²) in [6.07, 6.45) is 13.6. The van der Waals surface area contributed by atoms with E-state index in [9.17, 15) is 0 Å². The van der Waals surface area contributed by atoms with Gasteiger partial charge in [0.2, 0.25) is 0 Å². The van der Waals surface area contributed by atoms with E-state index in [1.54, 1.807) is 5.57 Å². The maximum absolute atomic E-state index is 2.66. The second-order valence-electron chi connectivity index (χ2n) is 6.03. The van der Waals surface area contributed by atoms with Crippen LogP contribution < -0.4 is 0 Å². The van der Waals surface area contributed by atoms with E-state index in [1.807, 2.05) is 0 Å². The van der Waals surface area contributed by atoms with Crippen LogP contribution in [0.4, 0.5) is 0 Å². The largest absolute Gasteiger partial charge is 0.302 e. The van der Waals surface area contributed by atoms with Gasteiger partial charge in [-0.15, -0.1) is 0 Å². The van der Waals surface area contributed by atoms with Crippen LogP contribution in [0.2, 0.25) is 0 Å². The highest BCUT2D eigenvalue weighted by Gasteiger charge is 2.35. The summed E-state index contributed by atoms with van der Waals surface area (Å²) in [6.45, 7) is 10.9. The van der Waals surface area contributed by atoms with Gasteiger partial charge in [-0.1, -0.05) is 56.7 Å². The fourth-order valence-corrected chi connectivity index (χ4v) is 3.35. The summed E-state index contributed by atoms with van der Waals surface area (Å²) >= 11 is 0. The molecule has 0 N–H and O–H groups in total. The van der Waals surface area contributed by atoms with Crippen LogP contribution in [-0.4, -0.2) is 24.5 Å². The zero-order valence-electron chi connectivity index (χ0n) is 12.1. The summed E-state index contributed by atoms with van der Waals surface area (Å²) in [4.78, 5) is 2.66. The van der Waals surface area contributed by atoms with Crippen LogP contribution >= 0.6 is 0 Å². The van der Waals surface area contributed by atoms with Gasteiger partial charge in [-0.2, -0.15) is 0 Å². The second kappa shape index (κ2) is 6.38. The molecular weight excluding hydrogens is 218 g/mol. The molecule has 0 aromatic heterocycles. The maximum Gasteiger partial charge on any atom is 0.00506 e. The van der Waals surface area contributed by atoms with Gasteiger partial charge >= 0.3 is 0 Å². The number of hydrogen-bond donors (Lipinski definition) is 0. The van der Waals surface area contributed by atoms with Crippen molar-refractivity contribution in [3.05, 3.63) is 36.0 Å². The Morgan fingerprint density at radius 1 is 1.22 bits per heavy atom. The zero-order chi connectivity index (χ0) is 13.0. The molecule has 1 fully saturated rings. The lowest BCUT2D eigenvalue weighted by Gasteiger charge is -2.23. The molecule has 18 heavy (non-hydrogen) atoms. The van der Waals surface area contributed by atoms with Gasteiger partial charge in [0.25, 0.3) is 0 Å². The Labute approximate surface area is 112 Å². The Bertz CT molecular complexity index is 349. The smallest absolute Gasteiger partial charge is 0.00506 e. The van der Waals surface area contributed by atoms with Crippen molar-refractivity contribution in [3.63, 3.8) is 0 Å². The van der Waals surface area contributed by atoms with Crippen LogP contribution in [0, 0.1) is 17.8 Å². The molecule has 0 saturated carbocycles. The summed E-state index contributed by atoms with van der Waals surface area (Å²) in [5.74, 6) is 2.39. The van der Waals surface area contributed by atoms with Crippen molar-refractivity contribution >= 4 is 0 Å². The molecule has 0 spiro atoms. The van der Waals surface area contributed by atoms with E-state index in [2.05, 4.69) is 56.1 Å². The third kappa shape index (κ3) is 3.14. The van der Waals surface area contributed by atoms with Crippen LogP contribution in [0.15, 0.2) is 36.0 Å². The Hall–Kier alpha value is -0.820. The van der Waals surface area contributed by atoms with Gasteiger partial charge in [0, 0.05) is 13.1 Å². The van der Waals surface area contributed by atoms with E-state index in [-0.39, 0.29) is 0 Å². The summed E-state index contributed by atoms with van der Waals surface area (Å²) in [5.41, 5.74) is 1.64. The first-order valence-electron chi connectivity index (χ1n) is 7.47. The Kier molecular flexibility index (Phi) is 4.82. The third-order valence-corrected chi connectivity index (χ3v) is 4.34. The zero-order valence-corrected chi connectivity index (χ0v) is 12.1. The highest BCUT2D eigenvalue weighted by atomic mass is 15.2. The molecule has 0 amide bonds. The number of rotatable bonds is 4. The molecule has 1 heteroatoms. The van der Waals surface area contributed by atoms with Crippen LogP contribution in [0.25, 0.3) is 0 Å². The van der Waals surface area contributed by atoms with Crippen molar-refractivity contribution in [2.24, 2.45) is 17.8 Å². The highest BCUT2D eigenvalue weighted by molar-refractivity contribution is 5.26. The average Bonchev–Trinajstić information content (AvgIpc) is 2.59. The molecule has 2 atom stereocenters. The number of allylic oxidation sites excluding steroid dienone is 5. The van der Waals surface area contributed by atoms with Gasteiger partial charge < -0.3 is 4.90 Å². The molecule has 1 aliphatic carbocycles. The minimum atomic E-state index is 0.768. The number of likely N-dealkylation sites (tertiary alicyclic amines) is 1. The predicted molar refractivity (Wildman–Crippen MR) is 79.5 cm³/mol. The van der Waals surface area contributed by atoms with Crippen LogP contribution in [-0.2, 0) is 0 Å². The summed E-state index contributed by atoms with van der Waals surface area (Å²) in [7, 11) is 0. The molecule has 1 heterocycles. The molecule has 2 rings (SSSR count). The first-order chi connectivity index (χ1) is 8.72. The molecule has 0 unspecified atom stereocenters. The quantitative estimate of drug-likeness (QED) is 0.722. The van der Waals surface area contributed by atoms with E-state index in [1.165, 1.54) is 26.1 Å². The van der Waals surface area contributed by atoms with E-state index in [0.29, 0.717) is 0 Å². The van der Waals surface area contributed by atoms with E-state index in [0.717, 1.165) is 24.2 Å². The van der Waals surface area contributed by atoms with Crippen molar-refractivity contribution in [2.75, 3.05) is 19.6 Å². The van der Waals surface area contributed by atoms with Crippen molar-refractivity contribution in [1.82, 2.24) is 4.90 Å². The Balaban J connectivity index is 2.11. The van der Waals surface area contributed by atoms with Gasteiger partial charge in [0.15, 0.2) is 0 Å². The van der Waals surface area contributed by atoms with Crippen LogP contribution in [0.3, 0.4) is 0 Å². The fourth-order valence-electron chi connectivity index (χ4n) is 3.35. The Morgan fingerprint density at radius 2 is 2.06 bits per heavy atom. The molecule has 2 aliphatic rings. The van der Waals surface area contributed by atoms with Gasteiger partial charge in [0.1, 0.15) is 0 Å². The first kappa shape index (κ1) is 13.6. The van der Waals surface area contributed by atoms with Crippen molar-refractivity contribution in [1.29, 1.82) is 0 Å². The molecule has 1 nitrogen and oxygen atoms in total. The second-order valence-corrected chi connectivity index (χ2v) is 6.03. The molecule has 100 valence electrons. The number of nitrogens with zero attached hydrogens (tertiary/aromatic N) is 1. The molecular formula is C17H27N. The van der Waals surface area contributed by atoms with Gasteiger partial charge in [-0.25, -0.2) is 0 Å². The average molecular weight is 245 g/mol. The predicted octanol–water partition coefficient (Wildman–Crippen LogP) is 4.04. The molecule has 1 aliphatic heterocycles. The third-order valence-electron chi connectivity index (χ3n) is 4.34. The minimum Gasteiger partial charge on any atom is -0.302 e. The minimum absolute atomic E-state index is 0.768. The maximum atomic E-state index is 2.66. The summed E-state index contributed by atoms with van der Waals surface area (Å²) < 4.78 is 0.